The van der Waals surface area contributed by atoms with Gasteiger partial charge in [-0.25, -0.2) is 4.79 Å². The van der Waals surface area contributed by atoms with Gasteiger partial charge in [-0.1, -0.05) is 0 Å². The molecule has 1 unspecified atom stereocenters. The summed E-state index contributed by atoms with van der Waals surface area (Å²) in [5.41, 5.74) is 0. The Morgan fingerprint density at radius 2 is 2.33 bits per heavy atom. The Morgan fingerprint density at radius 3 is 2.87 bits per heavy atom. The molecular weight excluding hydrogens is 192 g/mol. The molecule has 86 valence electrons. The lowest BCUT2D eigenvalue weighted by molar-refractivity contribution is 0.229. The monoisotopic (exact) mass is 212 g/mol. The predicted octanol–water partition coefficient (Wildman–Crippen LogP) is -0.791. The minimum Gasteiger partial charge on any atom is -0.338 e. The lowest BCUT2D eigenvalue weighted by Gasteiger charge is -2.28. The van der Waals surface area contributed by atoms with E-state index in [4.69, 9.17) is 0 Å². The van der Waals surface area contributed by atoms with Crippen LogP contribution in [0.2, 0.25) is 0 Å². The second-order valence-electron chi connectivity index (χ2n) is 4.63. The normalized spacial score (nSPS) is 27.4. The smallest absolute Gasteiger partial charge is 0.315 e. The van der Waals surface area contributed by atoms with Gasteiger partial charge in [-0.3, -0.25) is 0 Å². The van der Waals surface area contributed by atoms with Crippen LogP contribution in [0.5, 0.6) is 0 Å². The first kappa shape index (κ1) is 10.7. The van der Waals surface area contributed by atoms with Gasteiger partial charge < -0.3 is 20.9 Å². The fourth-order valence-electron chi connectivity index (χ4n) is 2.06. The number of hydrogen-bond acceptors (Lipinski definition) is 3. The number of likely N-dealkylation sites (tertiary alicyclic amines) is 1. The Hall–Kier alpha value is -0.810. The number of hydrogen-bond donors (Lipinski definition) is 3. The molecule has 1 atom stereocenters. The quantitative estimate of drug-likeness (QED) is 0.574. The van der Waals surface area contributed by atoms with Crippen molar-refractivity contribution in [1.82, 2.24) is 20.9 Å². The summed E-state index contributed by atoms with van der Waals surface area (Å²) in [4.78, 5) is 13.7. The van der Waals surface area contributed by atoms with Crippen molar-refractivity contribution in [3.63, 3.8) is 0 Å². The van der Waals surface area contributed by atoms with E-state index in [-0.39, 0.29) is 6.03 Å². The third-order valence-corrected chi connectivity index (χ3v) is 3.16. The molecule has 0 aromatic carbocycles. The van der Waals surface area contributed by atoms with E-state index in [9.17, 15) is 4.79 Å². The number of nitrogens with zero attached hydrogens (tertiary/aromatic N) is 1. The van der Waals surface area contributed by atoms with Gasteiger partial charge in [-0.05, 0) is 25.9 Å². The molecule has 0 bridgehead atoms. The van der Waals surface area contributed by atoms with Crippen molar-refractivity contribution in [3.05, 3.63) is 0 Å². The molecule has 2 fully saturated rings. The largest absolute Gasteiger partial charge is 0.338 e. The van der Waals surface area contributed by atoms with Gasteiger partial charge >= 0.3 is 6.03 Å². The van der Waals surface area contributed by atoms with Crippen LogP contribution in [0.15, 0.2) is 0 Å². The van der Waals surface area contributed by atoms with Gasteiger partial charge in [0.05, 0.1) is 6.04 Å². The highest BCUT2D eigenvalue weighted by Gasteiger charge is 2.21. The second kappa shape index (κ2) is 4.81. The van der Waals surface area contributed by atoms with E-state index in [1.807, 2.05) is 0 Å². The van der Waals surface area contributed by atoms with Crippen molar-refractivity contribution >= 4 is 6.03 Å². The number of carbonyl (C=O) groups excluding carboxylic acids is 1. The van der Waals surface area contributed by atoms with Crippen LogP contribution in [-0.4, -0.2) is 56.7 Å². The summed E-state index contributed by atoms with van der Waals surface area (Å²) in [5.74, 6) is 0.625. The summed E-state index contributed by atoms with van der Waals surface area (Å²) < 4.78 is 0. The molecule has 2 heterocycles. The molecule has 2 amide bonds. The van der Waals surface area contributed by atoms with E-state index in [0.717, 1.165) is 32.7 Å². The number of rotatable bonds is 3. The molecule has 0 radical (unpaired) electrons. The molecule has 0 spiro atoms. The molecule has 3 N–H and O–H groups in total. The number of carbonyl (C=O) groups is 1. The maximum atomic E-state index is 11.4. The third kappa shape index (κ3) is 3.07. The average Bonchev–Trinajstić information content (AvgIpc) is 2.55. The maximum Gasteiger partial charge on any atom is 0.315 e. The Morgan fingerprint density at radius 1 is 1.53 bits per heavy atom. The predicted molar refractivity (Wildman–Crippen MR) is 58.8 cm³/mol. The molecule has 2 saturated heterocycles. The highest BCUT2D eigenvalue weighted by molar-refractivity contribution is 5.74. The van der Waals surface area contributed by atoms with Gasteiger partial charge in [-0.2, -0.15) is 0 Å². The molecule has 5 heteroatoms. The second-order valence-corrected chi connectivity index (χ2v) is 4.63. The molecule has 15 heavy (non-hydrogen) atoms. The first-order valence-corrected chi connectivity index (χ1v) is 5.67. The highest BCUT2D eigenvalue weighted by Crippen LogP contribution is 2.12. The third-order valence-electron chi connectivity index (χ3n) is 3.16. The molecule has 5 nitrogen and oxygen atoms in total. The zero-order valence-electron chi connectivity index (χ0n) is 9.25. The van der Waals surface area contributed by atoms with E-state index >= 15 is 0 Å². The summed E-state index contributed by atoms with van der Waals surface area (Å²) in [6.07, 6.45) is 1.20. The summed E-state index contributed by atoms with van der Waals surface area (Å²) >= 11 is 0. The zero-order valence-corrected chi connectivity index (χ0v) is 9.25. The maximum absolute atomic E-state index is 11.4. The van der Waals surface area contributed by atoms with Crippen LogP contribution in [0.3, 0.4) is 0 Å². The van der Waals surface area contributed by atoms with Crippen molar-refractivity contribution in [2.24, 2.45) is 5.92 Å². The van der Waals surface area contributed by atoms with Crippen molar-refractivity contribution in [2.75, 3.05) is 39.8 Å². The van der Waals surface area contributed by atoms with Crippen LogP contribution < -0.4 is 16.0 Å². The standard InChI is InChI=1S/C10H20N4O/c1-14-3-2-8(7-14)4-12-10(15)13-9-5-11-6-9/h8-9,11H,2-7H2,1H3,(H2,12,13,15). The summed E-state index contributed by atoms with van der Waals surface area (Å²) in [6.45, 7) is 4.86. The highest BCUT2D eigenvalue weighted by atomic mass is 16.2. The van der Waals surface area contributed by atoms with E-state index in [1.54, 1.807) is 0 Å². The van der Waals surface area contributed by atoms with Crippen molar-refractivity contribution in [1.29, 1.82) is 0 Å². The SMILES string of the molecule is CN1CCC(CNC(=O)NC2CNC2)C1. The average molecular weight is 212 g/mol. The van der Waals surface area contributed by atoms with E-state index < -0.39 is 0 Å². The van der Waals surface area contributed by atoms with Crippen LogP contribution in [-0.2, 0) is 0 Å². The molecule has 2 aliphatic heterocycles. The first-order chi connectivity index (χ1) is 7.24. The topological polar surface area (TPSA) is 56.4 Å². The molecule has 0 saturated carbocycles. The first-order valence-electron chi connectivity index (χ1n) is 5.67. The van der Waals surface area contributed by atoms with Crippen LogP contribution >= 0.6 is 0 Å². The van der Waals surface area contributed by atoms with Gasteiger partial charge in [0.2, 0.25) is 0 Å². The summed E-state index contributed by atoms with van der Waals surface area (Å²) in [6, 6.07) is 0.312. The fourth-order valence-corrected chi connectivity index (χ4v) is 2.06. The molecular formula is C10H20N4O. The van der Waals surface area contributed by atoms with Gasteiger partial charge in [0.25, 0.3) is 0 Å². The van der Waals surface area contributed by atoms with Crippen LogP contribution in [0.25, 0.3) is 0 Å². The van der Waals surface area contributed by atoms with Gasteiger partial charge in [0, 0.05) is 26.2 Å². The van der Waals surface area contributed by atoms with Crippen molar-refractivity contribution in [3.8, 4) is 0 Å². The van der Waals surface area contributed by atoms with Crippen molar-refractivity contribution in [2.45, 2.75) is 12.5 Å². The zero-order chi connectivity index (χ0) is 10.7. The Balaban J connectivity index is 1.58. The summed E-state index contributed by atoms with van der Waals surface area (Å²) in [7, 11) is 2.13. The molecule has 0 aromatic rings. The molecule has 0 aromatic heterocycles. The van der Waals surface area contributed by atoms with E-state index in [0.29, 0.717) is 12.0 Å². The Labute approximate surface area is 90.6 Å². The number of amides is 2. The minimum absolute atomic E-state index is 0.0175. The van der Waals surface area contributed by atoms with E-state index in [1.165, 1.54) is 6.42 Å². The van der Waals surface area contributed by atoms with Gasteiger partial charge in [-0.15, -0.1) is 0 Å². The molecule has 2 aliphatic rings. The van der Waals surface area contributed by atoms with Gasteiger partial charge in [0.15, 0.2) is 0 Å². The number of urea groups is 1. The van der Waals surface area contributed by atoms with Crippen LogP contribution in [0, 0.1) is 5.92 Å². The minimum atomic E-state index is -0.0175. The lowest BCUT2D eigenvalue weighted by atomic mass is 10.1. The Bertz CT molecular complexity index is 229. The molecule has 2 rings (SSSR count). The lowest BCUT2D eigenvalue weighted by Crippen LogP contribution is -2.59. The van der Waals surface area contributed by atoms with Crippen LogP contribution in [0.1, 0.15) is 6.42 Å². The van der Waals surface area contributed by atoms with E-state index in [2.05, 4.69) is 27.9 Å². The fraction of sp³-hybridized carbons (Fsp3) is 0.900. The van der Waals surface area contributed by atoms with Gasteiger partial charge in [0.1, 0.15) is 0 Å². The summed E-state index contributed by atoms with van der Waals surface area (Å²) in [5, 5.41) is 8.99. The van der Waals surface area contributed by atoms with Crippen molar-refractivity contribution < 1.29 is 4.79 Å². The van der Waals surface area contributed by atoms with Crippen LogP contribution in [0.4, 0.5) is 4.79 Å². The number of nitrogens with one attached hydrogen (secondary N) is 3. The Kier molecular flexibility index (Phi) is 3.43. The molecule has 0 aliphatic carbocycles.